The Morgan fingerprint density at radius 2 is 1.24 bits per heavy atom. The van der Waals surface area contributed by atoms with E-state index in [1.807, 2.05) is 13.8 Å². The third-order valence-electron chi connectivity index (χ3n) is 2.15. The van der Waals surface area contributed by atoms with E-state index in [0.717, 1.165) is 0 Å². The second kappa shape index (κ2) is 5.34. The van der Waals surface area contributed by atoms with E-state index >= 15 is 0 Å². The Balaban J connectivity index is 0.000000686. The highest BCUT2D eigenvalue weighted by Crippen LogP contribution is 2.33. The van der Waals surface area contributed by atoms with Crippen molar-refractivity contribution in [2.24, 2.45) is 0 Å². The van der Waals surface area contributed by atoms with Gasteiger partial charge in [-0.2, -0.15) is 0 Å². The van der Waals surface area contributed by atoms with Gasteiger partial charge in [0.25, 0.3) is 0 Å². The Morgan fingerprint density at radius 1 is 0.882 bits per heavy atom. The molecule has 0 fully saturated rings. The van der Waals surface area contributed by atoms with Gasteiger partial charge in [0.05, 0.1) is 25.3 Å². The first-order chi connectivity index (χ1) is 8.17. The summed E-state index contributed by atoms with van der Waals surface area (Å²) in [6.45, 7) is 4.00. The minimum Gasteiger partial charge on any atom is -0.493 e. The Morgan fingerprint density at radius 3 is 1.53 bits per heavy atom. The van der Waals surface area contributed by atoms with Crippen molar-refractivity contribution in [1.82, 2.24) is 0 Å². The number of carbonyl (C=O) groups is 2. The first-order valence-electron chi connectivity index (χ1n) is 5.20. The van der Waals surface area contributed by atoms with Crippen molar-refractivity contribution < 1.29 is 23.8 Å². The molecule has 0 saturated carbocycles. The van der Waals surface area contributed by atoms with Crippen LogP contribution in [0.15, 0.2) is 12.1 Å². The molecule has 0 aliphatic carbocycles. The van der Waals surface area contributed by atoms with Crippen LogP contribution in [-0.4, -0.2) is 26.2 Å². The van der Waals surface area contributed by atoms with Gasteiger partial charge in [-0.15, -0.1) is 0 Å². The number of hydrogen-bond acceptors (Lipinski definition) is 5. The van der Waals surface area contributed by atoms with Gasteiger partial charge in [0.1, 0.15) is 0 Å². The zero-order valence-corrected chi connectivity index (χ0v) is 10.2. The van der Waals surface area contributed by atoms with Crippen LogP contribution in [0.25, 0.3) is 0 Å². The third kappa shape index (κ3) is 2.22. The molecule has 0 unspecified atom stereocenters. The van der Waals surface area contributed by atoms with E-state index in [-0.39, 0.29) is 11.1 Å². The van der Waals surface area contributed by atoms with E-state index in [4.69, 9.17) is 9.47 Å². The molecule has 0 atom stereocenters. The monoisotopic (exact) mass is 238 g/mol. The molecule has 0 radical (unpaired) electrons. The minimum absolute atomic E-state index is 0.206. The summed E-state index contributed by atoms with van der Waals surface area (Å²) in [6, 6.07) is 2.86. The fraction of sp³-hybridized carbons (Fsp3) is 0.333. The second-order valence-corrected chi connectivity index (χ2v) is 2.93. The number of fused-ring (bicyclic) bond motifs is 1. The van der Waals surface area contributed by atoms with Gasteiger partial charge in [0.2, 0.25) is 0 Å². The largest absolute Gasteiger partial charge is 0.493 e. The summed E-state index contributed by atoms with van der Waals surface area (Å²) in [4.78, 5) is 22.4. The van der Waals surface area contributed by atoms with E-state index < -0.39 is 11.9 Å². The molecule has 0 aromatic heterocycles. The Kier molecular flexibility index (Phi) is 4.09. The van der Waals surface area contributed by atoms with Gasteiger partial charge in [-0.25, -0.2) is 9.59 Å². The molecule has 1 aromatic rings. The number of ether oxygens (including phenoxy) is 3. The van der Waals surface area contributed by atoms with E-state index in [0.29, 0.717) is 11.5 Å². The Bertz CT molecular complexity index is 409. The van der Waals surface area contributed by atoms with Crippen LogP contribution in [0.4, 0.5) is 0 Å². The molecule has 17 heavy (non-hydrogen) atoms. The molecule has 1 aromatic carbocycles. The van der Waals surface area contributed by atoms with Crippen LogP contribution in [-0.2, 0) is 4.74 Å². The Hall–Kier alpha value is -2.04. The minimum atomic E-state index is -0.657. The van der Waals surface area contributed by atoms with Gasteiger partial charge in [0, 0.05) is 0 Å². The Labute approximate surface area is 99.3 Å². The van der Waals surface area contributed by atoms with Gasteiger partial charge in [-0.05, 0) is 12.1 Å². The predicted molar refractivity (Wildman–Crippen MR) is 60.6 cm³/mol. The molecule has 92 valence electrons. The average Bonchev–Trinajstić information content (AvgIpc) is 2.65. The highest BCUT2D eigenvalue weighted by molar-refractivity contribution is 6.15. The normalized spacial score (nSPS) is 12.2. The number of carbonyl (C=O) groups excluding carboxylic acids is 2. The van der Waals surface area contributed by atoms with Crippen LogP contribution < -0.4 is 9.47 Å². The molecule has 1 aliphatic rings. The van der Waals surface area contributed by atoms with Crippen LogP contribution in [0, 0.1) is 0 Å². The fourth-order valence-electron chi connectivity index (χ4n) is 1.41. The first-order valence-corrected chi connectivity index (χ1v) is 5.20. The van der Waals surface area contributed by atoms with Crippen molar-refractivity contribution in [2.45, 2.75) is 13.8 Å². The zero-order valence-electron chi connectivity index (χ0n) is 10.2. The van der Waals surface area contributed by atoms with Crippen molar-refractivity contribution in [3.05, 3.63) is 23.3 Å². The van der Waals surface area contributed by atoms with Crippen molar-refractivity contribution >= 4 is 11.9 Å². The summed E-state index contributed by atoms with van der Waals surface area (Å²) >= 11 is 0. The van der Waals surface area contributed by atoms with Gasteiger partial charge in [0.15, 0.2) is 11.5 Å². The van der Waals surface area contributed by atoms with Crippen LogP contribution in [0.1, 0.15) is 34.6 Å². The van der Waals surface area contributed by atoms with Crippen molar-refractivity contribution in [1.29, 1.82) is 0 Å². The molecular weight excluding hydrogens is 224 g/mol. The first kappa shape index (κ1) is 13.0. The van der Waals surface area contributed by atoms with Crippen molar-refractivity contribution in [2.75, 3.05) is 14.2 Å². The molecule has 5 heteroatoms. The number of methoxy groups -OCH3 is 2. The third-order valence-corrected chi connectivity index (χ3v) is 2.15. The number of hydrogen-bond donors (Lipinski definition) is 0. The second-order valence-electron chi connectivity index (χ2n) is 2.93. The van der Waals surface area contributed by atoms with Gasteiger partial charge in [-0.3, -0.25) is 0 Å². The van der Waals surface area contributed by atoms with Gasteiger partial charge >= 0.3 is 11.9 Å². The van der Waals surface area contributed by atoms with Crippen LogP contribution >= 0.6 is 0 Å². The quantitative estimate of drug-likeness (QED) is 0.582. The van der Waals surface area contributed by atoms with E-state index in [1.165, 1.54) is 26.4 Å². The summed E-state index contributed by atoms with van der Waals surface area (Å²) in [7, 11) is 2.90. The number of rotatable bonds is 2. The lowest BCUT2D eigenvalue weighted by molar-refractivity contribution is 0.0443. The van der Waals surface area contributed by atoms with E-state index in [1.54, 1.807) is 0 Å². The summed E-state index contributed by atoms with van der Waals surface area (Å²) < 4.78 is 14.4. The van der Waals surface area contributed by atoms with E-state index in [2.05, 4.69) is 4.74 Å². The molecule has 5 nitrogen and oxygen atoms in total. The zero-order chi connectivity index (χ0) is 13.0. The van der Waals surface area contributed by atoms with Gasteiger partial charge < -0.3 is 14.2 Å². The summed E-state index contributed by atoms with van der Waals surface area (Å²) in [5, 5.41) is 0. The molecular formula is C12H14O5. The highest BCUT2D eigenvalue weighted by Gasteiger charge is 2.31. The molecule has 0 spiro atoms. The maximum absolute atomic E-state index is 11.2. The molecule has 0 bridgehead atoms. The average molecular weight is 238 g/mol. The van der Waals surface area contributed by atoms with E-state index in [9.17, 15) is 9.59 Å². The number of esters is 2. The summed E-state index contributed by atoms with van der Waals surface area (Å²) in [5.74, 6) is -0.530. The highest BCUT2D eigenvalue weighted by atomic mass is 16.6. The topological polar surface area (TPSA) is 61.8 Å². The molecule has 2 rings (SSSR count). The molecule has 0 amide bonds. The maximum atomic E-state index is 11.2. The summed E-state index contributed by atoms with van der Waals surface area (Å²) in [5.41, 5.74) is 0.412. The van der Waals surface area contributed by atoms with Gasteiger partial charge in [-0.1, -0.05) is 13.8 Å². The lowest BCUT2D eigenvalue weighted by Gasteiger charge is -2.07. The molecule has 1 aliphatic heterocycles. The molecule has 0 saturated heterocycles. The van der Waals surface area contributed by atoms with Crippen molar-refractivity contribution in [3.8, 4) is 11.5 Å². The van der Waals surface area contributed by atoms with Crippen molar-refractivity contribution in [3.63, 3.8) is 0 Å². The molecule has 1 heterocycles. The summed E-state index contributed by atoms with van der Waals surface area (Å²) in [6.07, 6.45) is 0. The van der Waals surface area contributed by atoms with Crippen LogP contribution in [0.2, 0.25) is 0 Å². The number of cyclic esters (lactones) is 2. The van der Waals surface area contributed by atoms with Crippen LogP contribution in [0.5, 0.6) is 11.5 Å². The predicted octanol–water partition coefficient (Wildman–Crippen LogP) is 2.04. The maximum Gasteiger partial charge on any atom is 0.347 e. The standard InChI is InChI=1S/C10H8O5.C2H6/c1-13-7-3-5-6(4-8(7)14-2)10(12)15-9(5)11;1-2/h3-4H,1-2H3;1-2H3. The van der Waals surface area contributed by atoms with Crippen LogP contribution in [0.3, 0.4) is 0 Å². The SMILES string of the molecule is CC.COc1cc2c(cc1OC)C(=O)OC2=O. The molecule has 0 N–H and O–H groups in total. The number of benzene rings is 1. The smallest absolute Gasteiger partial charge is 0.347 e. The lowest BCUT2D eigenvalue weighted by atomic mass is 10.1. The lowest BCUT2D eigenvalue weighted by Crippen LogP contribution is -1.96. The fourth-order valence-corrected chi connectivity index (χ4v) is 1.41.